The van der Waals surface area contributed by atoms with Crippen LogP contribution in [-0.4, -0.2) is 11.1 Å². The average molecular weight is 285 g/mol. The number of benzene rings is 1. The number of halogens is 2. The van der Waals surface area contributed by atoms with Gasteiger partial charge in [0.15, 0.2) is 5.76 Å². The second-order valence-corrected chi connectivity index (χ2v) is 3.75. The first-order chi connectivity index (χ1) is 7.61. The lowest BCUT2D eigenvalue weighted by atomic mass is 10.1. The van der Waals surface area contributed by atoms with E-state index in [2.05, 4.69) is 15.9 Å². The number of hydrogen-bond acceptors (Lipinski definition) is 3. The Morgan fingerprint density at radius 2 is 2.12 bits per heavy atom. The van der Waals surface area contributed by atoms with Gasteiger partial charge in [-0.2, -0.15) is 0 Å². The summed E-state index contributed by atoms with van der Waals surface area (Å²) in [4.78, 5) is 22.8. The largest absolute Gasteiger partial charge is 0.419 e. The maximum Gasteiger partial charge on any atom is 0.344 e. The number of fused-ring (bicyclic) bond motifs is 1. The van der Waals surface area contributed by atoms with Crippen LogP contribution in [0.5, 0.6) is 0 Å². The van der Waals surface area contributed by atoms with Crippen LogP contribution in [0.3, 0.4) is 0 Å². The van der Waals surface area contributed by atoms with E-state index in [4.69, 9.17) is 4.42 Å². The van der Waals surface area contributed by atoms with Gasteiger partial charge in [0, 0.05) is 0 Å². The molecule has 2 rings (SSSR count). The van der Waals surface area contributed by atoms with E-state index in [1.54, 1.807) is 0 Å². The zero-order chi connectivity index (χ0) is 11.7. The monoisotopic (exact) mass is 284 g/mol. The molecule has 0 atom stereocenters. The minimum Gasteiger partial charge on any atom is -0.419 e. The summed E-state index contributed by atoms with van der Waals surface area (Å²) in [6.07, 6.45) is 0. The lowest BCUT2D eigenvalue weighted by Gasteiger charge is -1.99. The van der Waals surface area contributed by atoms with Crippen molar-refractivity contribution in [2.45, 2.75) is 0 Å². The highest BCUT2D eigenvalue weighted by molar-refractivity contribution is 9.09. The minimum atomic E-state index is -0.707. The summed E-state index contributed by atoms with van der Waals surface area (Å²) >= 11 is 2.98. The highest BCUT2D eigenvalue weighted by Gasteiger charge is 2.11. The number of alkyl halides is 1. The van der Waals surface area contributed by atoms with E-state index in [1.165, 1.54) is 18.2 Å². The van der Waals surface area contributed by atoms with Gasteiger partial charge in [0.05, 0.1) is 10.7 Å². The van der Waals surface area contributed by atoms with Crippen molar-refractivity contribution in [2.75, 3.05) is 5.33 Å². The number of rotatable bonds is 2. The Morgan fingerprint density at radius 3 is 2.81 bits per heavy atom. The van der Waals surface area contributed by atoms with Gasteiger partial charge in [0.1, 0.15) is 5.82 Å². The number of carbonyl (C=O) groups excluding carboxylic acids is 1. The van der Waals surface area contributed by atoms with Crippen LogP contribution in [0.25, 0.3) is 10.8 Å². The number of Topliss-reactive ketones (excluding diaryl/α,β-unsaturated/α-hetero) is 1. The molecular weight excluding hydrogens is 279 g/mol. The number of carbonyl (C=O) groups is 1. The fourth-order valence-corrected chi connectivity index (χ4v) is 1.64. The standard InChI is InChI=1S/C11H6BrFO3/c12-5-9(14)10-3-6-1-2-7(13)4-8(6)11(15)16-10/h1-4H,5H2. The molecule has 1 aromatic carbocycles. The van der Waals surface area contributed by atoms with Gasteiger partial charge in [0.2, 0.25) is 5.78 Å². The molecule has 0 radical (unpaired) electrons. The topological polar surface area (TPSA) is 47.3 Å². The van der Waals surface area contributed by atoms with Gasteiger partial charge < -0.3 is 4.42 Å². The summed E-state index contributed by atoms with van der Waals surface area (Å²) in [6, 6.07) is 5.18. The summed E-state index contributed by atoms with van der Waals surface area (Å²) in [6.45, 7) is 0. The Labute approximate surface area is 98.0 Å². The van der Waals surface area contributed by atoms with Gasteiger partial charge in [0.25, 0.3) is 0 Å². The Morgan fingerprint density at radius 1 is 1.38 bits per heavy atom. The lowest BCUT2D eigenvalue weighted by molar-refractivity contribution is 0.0990. The van der Waals surface area contributed by atoms with Gasteiger partial charge in [-0.05, 0) is 23.6 Å². The molecule has 5 heteroatoms. The van der Waals surface area contributed by atoms with Crippen LogP contribution in [0, 0.1) is 5.82 Å². The second-order valence-electron chi connectivity index (χ2n) is 3.19. The van der Waals surface area contributed by atoms with Crippen LogP contribution < -0.4 is 5.63 Å². The van der Waals surface area contributed by atoms with E-state index in [0.717, 1.165) is 6.07 Å². The predicted molar refractivity (Wildman–Crippen MR) is 60.6 cm³/mol. The molecule has 0 aliphatic carbocycles. The van der Waals surface area contributed by atoms with Gasteiger partial charge in [-0.25, -0.2) is 9.18 Å². The van der Waals surface area contributed by atoms with Gasteiger partial charge >= 0.3 is 5.63 Å². The van der Waals surface area contributed by atoms with Crippen LogP contribution in [0.2, 0.25) is 0 Å². The van der Waals surface area contributed by atoms with Crippen molar-refractivity contribution in [1.29, 1.82) is 0 Å². The highest BCUT2D eigenvalue weighted by atomic mass is 79.9. The number of ketones is 1. The maximum absolute atomic E-state index is 12.9. The first kappa shape index (κ1) is 11.0. The van der Waals surface area contributed by atoms with Crippen molar-refractivity contribution >= 4 is 32.5 Å². The van der Waals surface area contributed by atoms with Gasteiger partial charge in [-0.1, -0.05) is 22.0 Å². The molecule has 0 fully saturated rings. The van der Waals surface area contributed by atoms with E-state index in [9.17, 15) is 14.0 Å². The molecule has 0 unspecified atom stereocenters. The van der Waals surface area contributed by atoms with Gasteiger partial charge in [-0.3, -0.25) is 4.79 Å². The SMILES string of the molecule is O=C(CBr)c1cc2ccc(F)cc2c(=O)o1. The summed E-state index contributed by atoms with van der Waals surface area (Å²) in [5, 5.41) is 0.691. The van der Waals surface area contributed by atoms with E-state index in [-0.39, 0.29) is 22.3 Å². The molecule has 82 valence electrons. The molecule has 0 aliphatic heterocycles. The molecule has 0 aliphatic rings. The third-order valence-corrected chi connectivity index (χ3v) is 2.63. The van der Waals surface area contributed by atoms with Crippen LogP contribution >= 0.6 is 15.9 Å². The minimum absolute atomic E-state index is 0.0269. The number of hydrogen-bond donors (Lipinski definition) is 0. The van der Waals surface area contributed by atoms with E-state index < -0.39 is 11.4 Å². The zero-order valence-electron chi connectivity index (χ0n) is 8.00. The molecule has 3 nitrogen and oxygen atoms in total. The molecule has 0 N–H and O–H groups in total. The fourth-order valence-electron chi connectivity index (χ4n) is 1.36. The summed E-state index contributed by atoms with van der Waals surface area (Å²) < 4.78 is 17.7. The van der Waals surface area contributed by atoms with E-state index in [0.29, 0.717) is 5.39 Å². The molecule has 0 bridgehead atoms. The highest BCUT2D eigenvalue weighted by Crippen LogP contribution is 2.14. The van der Waals surface area contributed by atoms with Crippen LogP contribution in [-0.2, 0) is 0 Å². The molecule has 0 amide bonds. The molecule has 0 saturated carbocycles. The van der Waals surface area contributed by atoms with Crippen molar-refractivity contribution in [3.63, 3.8) is 0 Å². The fraction of sp³-hybridized carbons (Fsp3) is 0.0909. The third-order valence-electron chi connectivity index (χ3n) is 2.12. The molecule has 16 heavy (non-hydrogen) atoms. The summed E-state index contributed by atoms with van der Waals surface area (Å²) in [7, 11) is 0. The Kier molecular flexibility index (Phi) is 2.87. The Hall–Kier alpha value is -1.49. The first-order valence-electron chi connectivity index (χ1n) is 4.44. The summed E-state index contributed by atoms with van der Waals surface area (Å²) in [5.41, 5.74) is -0.707. The molecule has 1 heterocycles. The van der Waals surface area contributed by atoms with Gasteiger partial charge in [-0.15, -0.1) is 0 Å². The van der Waals surface area contributed by atoms with Crippen molar-refractivity contribution in [2.24, 2.45) is 0 Å². The third kappa shape index (κ3) is 1.90. The molecule has 0 saturated heterocycles. The quantitative estimate of drug-likeness (QED) is 0.629. The normalized spacial score (nSPS) is 10.6. The molecule has 2 aromatic rings. The average Bonchev–Trinajstić information content (AvgIpc) is 2.28. The molecule has 0 spiro atoms. The maximum atomic E-state index is 12.9. The molecule has 1 aromatic heterocycles. The van der Waals surface area contributed by atoms with E-state index in [1.807, 2.05) is 0 Å². The van der Waals surface area contributed by atoms with Crippen molar-refractivity contribution in [3.05, 3.63) is 46.3 Å². The second kappa shape index (κ2) is 4.17. The summed E-state index contributed by atoms with van der Waals surface area (Å²) in [5.74, 6) is -0.872. The van der Waals surface area contributed by atoms with Crippen LogP contribution in [0.15, 0.2) is 33.5 Å². The van der Waals surface area contributed by atoms with Crippen LogP contribution in [0.4, 0.5) is 4.39 Å². The van der Waals surface area contributed by atoms with Crippen LogP contribution in [0.1, 0.15) is 10.6 Å². The molecular formula is C11H6BrFO3. The smallest absolute Gasteiger partial charge is 0.344 e. The van der Waals surface area contributed by atoms with E-state index >= 15 is 0 Å². The first-order valence-corrected chi connectivity index (χ1v) is 5.56. The Balaban J connectivity index is 2.73. The van der Waals surface area contributed by atoms with Crippen molar-refractivity contribution in [3.8, 4) is 0 Å². The lowest BCUT2D eigenvalue weighted by Crippen LogP contribution is -2.07. The van der Waals surface area contributed by atoms with Crippen molar-refractivity contribution < 1.29 is 13.6 Å². The predicted octanol–water partition coefficient (Wildman–Crippen LogP) is 2.51. The Bertz CT molecular complexity index is 618. The zero-order valence-corrected chi connectivity index (χ0v) is 9.58. The van der Waals surface area contributed by atoms with Crippen molar-refractivity contribution in [1.82, 2.24) is 0 Å².